The summed E-state index contributed by atoms with van der Waals surface area (Å²) in [7, 11) is 0. The molecular formula is C20H29F3N4O. The smallest absolute Gasteiger partial charge is 0.403 e. The molecule has 0 amide bonds. The second-order valence-corrected chi connectivity index (χ2v) is 7.27. The van der Waals surface area contributed by atoms with E-state index in [4.69, 9.17) is 9.73 Å². The Hall–Kier alpha value is -1.96. The molecule has 2 heterocycles. The van der Waals surface area contributed by atoms with Crippen molar-refractivity contribution in [2.45, 2.75) is 38.9 Å². The third-order valence-electron chi connectivity index (χ3n) is 5.39. The number of rotatable bonds is 5. The lowest BCUT2D eigenvalue weighted by molar-refractivity contribution is -0.181. The number of halogens is 3. The average Bonchev–Trinajstić information content (AvgIpc) is 3.14. The summed E-state index contributed by atoms with van der Waals surface area (Å²) in [6.45, 7) is 7.21. The Labute approximate surface area is 164 Å². The summed E-state index contributed by atoms with van der Waals surface area (Å²) < 4.78 is 44.3. The minimum atomic E-state index is -4.18. The van der Waals surface area contributed by atoms with Crippen LogP contribution in [-0.4, -0.2) is 73.9 Å². The lowest BCUT2D eigenvalue weighted by atomic mass is 10.1. The van der Waals surface area contributed by atoms with Crippen molar-refractivity contribution >= 4 is 5.96 Å². The number of hydrogen-bond acceptors (Lipinski definition) is 3. The van der Waals surface area contributed by atoms with Crippen molar-refractivity contribution in [3.8, 4) is 5.75 Å². The van der Waals surface area contributed by atoms with Gasteiger partial charge in [-0.05, 0) is 37.5 Å². The Morgan fingerprint density at radius 3 is 2.68 bits per heavy atom. The summed E-state index contributed by atoms with van der Waals surface area (Å²) in [5, 5.41) is 3.27. The molecular weight excluding hydrogens is 369 g/mol. The first-order chi connectivity index (χ1) is 13.4. The van der Waals surface area contributed by atoms with Crippen molar-refractivity contribution in [3.05, 3.63) is 29.3 Å². The van der Waals surface area contributed by atoms with E-state index in [0.29, 0.717) is 32.7 Å². The van der Waals surface area contributed by atoms with Crippen LogP contribution in [0.1, 0.15) is 25.0 Å². The molecule has 0 aromatic heterocycles. The quantitative estimate of drug-likeness (QED) is 0.612. The van der Waals surface area contributed by atoms with E-state index in [1.54, 1.807) is 0 Å². The Balaban J connectivity index is 1.54. The van der Waals surface area contributed by atoms with Gasteiger partial charge in [-0.1, -0.05) is 12.1 Å². The maximum Gasteiger partial charge on any atom is 0.403 e. The average molecular weight is 398 g/mol. The third-order valence-corrected chi connectivity index (χ3v) is 5.39. The Bertz CT molecular complexity index is 685. The largest absolute Gasteiger partial charge is 0.493 e. The van der Waals surface area contributed by atoms with Crippen LogP contribution in [0.2, 0.25) is 0 Å². The van der Waals surface area contributed by atoms with Gasteiger partial charge in [-0.15, -0.1) is 0 Å². The monoisotopic (exact) mass is 398 g/mol. The Morgan fingerprint density at radius 1 is 1.25 bits per heavy atom. The van der Waals surface area contributed by atoms with Crippen LogP contribution < -0.4 is 10.1 Å². The Morgan fingerprint density at radius 2 is 2.00 bits per heavy atom. The molecule has 1 saturated heterocycles. The number of nitrogens with one attached hydrogen (secondary N) is 1. The van der Waals surface area contributed by atoms with Crippen molar-refractivity contribution in [2.24, 2.45) is 4.99 Å². The van der Waals surface area contributed by atoms with Crippen molar-refractivity contribution in [3.63, 3.8) is 0 Å². The van der Waals surface area contributed by atoms with Crippen molar-refractivity contribution < 1.29 is 17.9 Å². The first-order valence-corrected chi connectivity index (χ1v) is 9.97. The number of alkyl halides is 3. The molecule has 2 aliphatic rings. The standard InChI is InChI=1S/C20H29F3N4O/c1-3-24-19(27-11-9-26(10-12-27)15(2)20(21,22)23)25-8-6-16-4-5-18-17(14-16)7-13-28-18/h4-5,14-15H,3,6-13H2,1-2H3,(H,24,25). The summed E-state index contributed by atoms with van der Waals surface area (Å²) >= 11 is 0. The zero-order valence-corrected chi connectivity index (χ0v) is 16.6. The minimum Gasteiger partial charge on any atom is -0.493 e. The second kappa shape index (κ2) is 9.03. The molecule has 8 heteroatoms. The number of nitrogens with zero attached hydrogens (tertiary/aromatic N) is 3. The van der Waals surface area contributed by atoms with Gasteiger partial charge in [-0.25, -0.2) is 0 Å². The van der Waals surface area contributed by atoms with Crippen molar-refractivity contribution in [1.82, 2.24) is 15.1 Å². The number of benzene rings is 1. The summed E-state index contributed by atoms with van der Waals surface area (Å²) in [6, 6.07) is 4.87. The molecule has 1 aromatic rings. The number of hydrogen-bond donors (Lipinski definition) is 1. The maximum absolute atomic E-state index is 12.9. The normalized spacial score (nSPS) is 19.3. The fourth-order valence-corrected chi connectivity index (χ4v) is 3.64. The molecule has 3 rings (SSSR count). The van der Waals surface area contributed by atoms with Gasteiger partial charge in [0.15, 0.2) is 5.96 Å². The first-order valence-electron chi connectivity index (χ1n) is 9.97. The molecule has 1 aromatic carbocycles. The van der Waals surface area contributed by atoms with Gasteiger partial charge in [-0.3, -0.25) is 9.89 Å². The van der Waals surface area contributed by atoms with E-state index in [1.165, 1.54) is 23.0 Å². The van der Waals surface area contributed by atoms with E-state index >= 15 is 0 Å². The molecule has 0 spiro atoms. The van der Waals surface area contributed by atoms with Crippen LogP contribution in [0.5, 0.6) is 5.75 Å². The van der Waals surface area contributed by atoms with Crippen LogP contribution in [-0.2, 0) is 12.8 Å². The maximum atomic E-state index is 12.9. The molecule has 5 nitrogen and oxygen atoms in total. The number of ether oxygens (including phenoxy) is 1. The minimum absolute atomic E-state index is 0.385. The van der Waals surface area contributed by atoms with E-state index in [0.717, 1.165) is 37.7 Å². The van der Waals surface area contributed by atoms with Gasteiger partial charge >= 0.3 is 6.18 Å². The first kappa shape index (κ1) is 20.8. The van der Waals surface area contributed by atoms with Crippen LogP contribution in [0, 0.1) is 0 Å². The Kier molecular flexibility index (Phi) is 6.69. The summed E-state index contributed by atoms with van der Waals surface area (Å²) in [5.41, 5.74) is 2.48. The number of piperazine rings is 1. The predicted molar refractivity (Wildman–Crippen MR) is 104 cm³/mol. The highest BCUT2D eigenvalue weighted by atomic mass is 19.4. The third kappa shape index (κ3) is 5.10. The second-order valence-electron chi connectivity index (χ2n) is 7.27. The molecule has 1 unspecified atom stereocenters. The lowest BCUT2D eigenvalue weighted by Crippen LogP contribution is -2.56. The number of fused-ring (bicyclic) bond motifs is 1. The van der Waals surface area contributed by atoms with Gasteiger partial charge in [0.05, 0.1) is 6.61 Å². The fourth-order valence-electron chi connectivity index (χ4n) is 3.64. The van der Waals surface area contributed by atoms with Gasteiger partial charge < -0.3 is 15.0 Å². The highest BCUT2D eigenvalue weighted by Crippen LogP contribution is 2.26. The molecule has 2 aliphatic heterocycles. The van der Waals surface area contributed by atoms with Crippen LogP contribution in [0.15, 0.2) is 23.2 Å². The summed E-state index contributed by atoms with van der Waals surface area (Å²) in [5.74, 6) is 1.76. The molecule has 0 saturated carbocycles. The summed E-state index contributed by atoms with van der Waals surface area (Å²) in [4.78, 5) is 8.25. The number of aliphatic imine (C=N–C) groups is 1. The fraction of sp³-hybridized carbons (Fsp3) is 0.650. The van der Waals surface area contributed by atoms with Crippen LogP contribution >= 0.6 is 0 Å². The van der Waals surface area contributed by atoms with Crippen molar-refractivity contribution in [2.75, 3.05) is 45.9 Å². The van der Waals surface area contributed by atoms with E-state index in [9.17, 15) is 13.2 Å². The molecule has 28 heavy (non-hydrogen) atoms. The molecule has 0 aliphatic carbocycles. The van der Waals surface area contributed by atoms with Gasteiger partial charge in [0.2, 0.25) is 0 Å². The molecule has 1 atom stereocenters. The summed E-state index contributed by atoms with van der Waals surface area (Å²) in [6.07, 6.45) is -2.40. The van der Waals surface area contributed by atoms with E-state index in [1.807, 2.05) is 13.0 Å². The van der Waals surface area contributed by atoms with Gasteiger partial charge in [-0.2, -0.15) is 13.2 Å². The van der Waals surface area contributed by atoms with E-state index in [-0.39, 0.29) is 0 Å². The van der Waals surface area contributed by atoms with Gasteiger partial charge in [0.25, 0.3) is 0 Å². The molecule has 0 radical (unpaired) electrons. The highest BCUT2D eigenvalue weighted by molar-refractivity contribution is 5.80. The number of guanidine groups is 1. The zero-order chi connectivity index (χ0) is 20.1. The molecule has 156 valence electrons. The topological polar surface area (TPSA) is 40.1 Å². The predicted octanol–water partition coefficient (Wildman–Crippen LogP) is 2.70. The zero-order valence-electron chi connectivity index (χ0n) is 16.6. The van der Waals surface area contributed by atoms with Gasteiger partial charge in [0.1, 0.15) is 11.8 Å². The SMILES string of the molecule is CCNC(=NCCc1ccc2c(c1)CCO2)N1CCN(C(C)C(F)(F)F)CC1. The van der Waals surface area contributed by atoms with Crippen molar-refractivity contribution in [1.29, 1.82) is 0 Å². The van der Waals surface area contributed by atoms with Crippen LogP contribution in [0.25, 0.3) is 0 Å². The van der Waals surface area contributed by atoms with E-state index < -0.39 is 12.2 Å². The van der Waals surface area contributed by atoms with Gasteiger partial charge in [0, 0.05) is 45.7 Å². The molecule has 0 bridgehead atoms. The molecule has 1 fully saturated rings. The van der Waals surface area contributed by atoms with Crippen LogP contribution in [0.3, 0.4) is 0 Å². The molecule has 1 N–H and O–H groups in total. The lowest BCUT2D eigenvalue weighted by Gasteiger charge is -2.39. The van der Waals surface area contributed by atoms with E-state index in [2.05, 4.69) is 22.3 Å². The van der Waals surface area contributed by atoms with Crippen LogP contribution in [0.4, 0.5) is 13.2 Å². The highest BCUT2D eigenvalue weighted by Gasteiger charge is 2.41.